The summed E-state index contributed by atoms with van der Waals surface area (Å²) in [6, 6.07) is 5.02. The van der Waals surface area contributed by atoms with Gasteiger partial charge in [-0.25, -0.2) is 19.2 Å². The van der Waals surface area contributed by atoms with Crippen molar-refractivity contribution in [1.29, 1.82) is 0 Å². The van der Waals surface area contributed by atoms with Gasteiger partial charge in [0.1, 0.15) is 17.7 Å². The number of hydrogen-bond donors (Lipinski definition) is 1. The molecule has 3 aromatic rings. The second-order valence-electron chi connectivity index (χ2n) is 8.66. The van der Waals surface area contributed by atoms with Crippen molar-refractivity contribution in [2.45, 2.75) is 38.3 Å². The lowest BCUT2D eigenvalue weighted by atomic mass is 9.96. The molecule has 178 valence electrons. The molecule has 0 aliphatic carbocycles. The molecule has 1 saturated heterocycles. The number of halogens is 2. The van der Waals surface area contributed by atoms with Crippen LogP contribution in [0, 0.1) is 11.7 Å². The van der Waals surface area contributed by atoms with E-state index in [0.29, 0.717) is 36.8 Å². The Balaban J connectivity index is 1.30. The summed E-state index contributed by atoms with van der Waals surface area (Å²) in [4.78, 5) is 24.3. The van der Waals surface area contributed by atoms with E-state index in [1.165, 1.54) is 18.3 Å². The van der Waals surface area contributed by atoms with Gasteiger partial charge in [-0.15, -0.1) is 0 Å². The Kier molecular flexibility index (Phi) is 6.73. The van der Waals surface area contributed by atoms with E-state index in [1.54, 1.807) is 17.0 Å². The standard InChI is InChI=1S/C24H25ClFN5O3/c25-18-2-1-16(12-19(18)26)23(21-3-7-28-34-21)30-24(32)31-8-4-17-13-27-22(29-20(17)14-31)11-15-5-9-33-10-6-15/h1-3,7,12-13,15,23H,4-6,8-11,14H2,(H,30,32). The highest BCUT2D eigenvalue weighted by Crippen LogP contribution is 2.27. The van der Waals surface area contributed by atoms with E-state index in [-0.39, 0.29) is 11.1 Å². The van der Waals surface area contributed by atoms with Crippen LogP contribution >= 0.6 is 11.6 Å². The average molecular weight is 486 g/mol. The van der Waals surface area contributed by atoms with Gasteiger partial charge in [-0.3, -0.25) is 0 Å². The minimum atomic E-state index is -0.711. The molecule has 1 fully saturated rings. The molecule has 4 heterocycles. The molecule has 2 aliphatic rings. The molecule has 2 aromatic heterocycles. The van der Waals surface area contributed by atoms with E-state index in [2.05, 4.69) is 15.5 Å². The highest BCUT2D eigenvalue weighted by atomic mass is 35.5. The summed E-state index contributed by atoms with van der Waals surface area (Å²) in [6.07, 6.45) is 6.89. The molecule has 0 spiro atoms. The number of nitrogens with one attached hydrogen (secondary N) is 1. The minimum Gasteiger partial charge on any atom is -0.381 e. The molecule has 1 aromatic carbocycles. The Bertz CT molecular complexity index is 1150. The number of carbonyl (C=O) groups excluding carboxylic acids is 1. The molecule has 1 atom stereocenters. The Morgan fingerprint density at radius 2 is 2.15 bits per heavy atom. The molecule has 1 unspecified atom stereocenters. The van der Waals surface area contributed by atoms with Gasteiger partial charge >= 0.3 is 6.03 Å². The summed E-state index contributed by atoms with van der Waals surface area (Å²) < 4.78 is 24.8. The van der Waals surface area contributed by atoms with E-state index >= 15 is 0 Å². The summed E-state index contributed by atoms with van der Waals surface area (Å²) in [6.45, 7) is 2.48. The second kappa shape index (κ2) is 10.1. The van der Waals surface area contributed by atoms with Crippen molar-refractivity contribution < 1.29 is 18.4 Å². The zero-order valence-corrected chi connectivity index (χ0v) is 19.3. The predicted molar refractivity (Wildman–Crippen MR) is 122 cm³/mol. The lowest BCUT2D eigenvalue weighted by molar-refractivity contribution is 0.0659. The molecule has 1 N–H and O–H groups in total. The van der Waals surface area contributed by atoms with Gasteiger partial charge in [0.15, 0.2) is 5.76 Å². The van der Waals surface area contributed by atoms with Gasteiger partial charge < -0.3 is 19.5 Å². The third kappa shape index (κ3) is 5.05. The third-order valence-electron chi connectivity index (χ3n) is 6.38. The van der Waals surface area contributed by atoms with Crippen molar-refractivity contribution in [2.24, 2.45) is 5.92 Å². The summed E-state index contributed by atoms with van der Waals surface area (Å²) in [5, 5.41) is 6.69. The molecule has 0 saturated carbocycles. The number of carbonyl (C=O) groups is 1. The maximum Gasteiger partial charge on any atom is 0.318 e. The minimum absolute atomic E-state index is 0.00951. The van der Waals surface area contributed by atoms with E-state index < -0.39 is 11.9 Å². The fourth-order valence-corrected chi connectivity index (χ4v) is 4.54. The lowest BCUT2D eigenvalue weighted by Crippen LogP contribution is -2.44. The summed E-state index contributed by atoms with van der Waals surface area (Å²) >= 11 is 5.84. The maximum atomic E-state index is 14.1. The molecule has 34 heavy (non-hydrogen) atoms. The Labute approximate surface area is 201 Å². The van der Waals surface area contributed by atoms with Crippen LogP contribution in [-0.4, -0.2) is 45.8 Å². The monoisotopic (exact) mass is 485 g/mol. The number of hydrogen-bond acceptors (Lipinski definition) is 6. The normalized spacial score (nSPS) is 17.3. The molecule has 2 amide bonds. The molecule has 0 bridgehead atoms. The maximum absolute atomic E-state index is 14.1. The quantitative estimate of drug-likeness (QED) is 0.585. The number of benzene rings is 1. The van der Waals surface area contributed by atoms with Crippen LogP contribution in [0.15, 0.2) is 41.2 Å². The van der Waals surface area contributed by atoms with Crippen molar-refractivity contribution >= 4 is 17.6 Å². The zero-order chi connectivity index (χ0) is 23.5. The summed E-state index contributed by atoms with van der Waals surface area (Å²) in [5.41, 5.74) is 2.43. The average Bonchev–Trinajstić information content (AvgIpc) is 3.39. The fourth-order valence-electron chi connectivity index (χ4n) is 4.42. The molecule has 2 aliphatic heterocycles. The number of aromatic nitrogens is 3. The molecule has 5 rings (SSSR count). The summed E-state index contributed by atoms with van der Waals surface area (Å²) in [7, 11) is 0. The van der Waals surface area contributed by atoms with Gasteiger partial charge in [0.05, 0.1) is 23.5 Å². The van der Waals surface area contributed by atoms with Crippen LogP contribution in [0.5, 0.6) is 0 Å². The van der Waals surface area contributed by atoms with Gasteiger partial charge in [0.25, 0.3) is 0 Å². The Morgan fingerprint density at radius 3 is 2.91 bits per heavy atom. The predicted octanol–water partition coefficient (Wildman–Crippen LogP) is 4.08. The van der Waals surface area contributed by atoms with Crippen LogP contribution in [0.1, 0.15) is 47.3 Å². The van der Waals surface area contributed by atoms with E-state index in [4.69, 9.17) is 25.8 Å². The highest BCUT2D eigenvalue weighted by Gasteiger charge is 2.28. The summed E-state index contributed by atoms with van der Waals surface area (Å²) in [5.74, 6) is 1.16. The van der Waals surface area contributed by atoms with Crippen LogP contribution in [-0.2, 0) is 24.1 Å². The van der Waals surface area contributed by atoms with Crippen LogP contribution in [0.4, 0.5) is 9.18 Å². The van der Waals surface area contributed by atoms with E-state index in [1.807, 2.05) is 6.20 Å². The molecule has 0 radical (unpaired) electrons. The van der Waals surface area contributed by atoms with Crippen LogP contribution in [0.25, 0.3) is 0 Å². The zero-order valence-electron chi connectivity index (χ0n) is 18.5. The van der Waals surface area contributed by atoms with Crippen LogP contribution in [0.3, 0.4) is 0 Å². The van der Waals surface area contributed by atoms with Gasteiger partial charge in [-0.05, 0) is 48.4 Å². The first-order chi connectivity index (χ1) is 16.6. The molecular weight excluding hydrogens is 461 g/mol. The van der Waals surface area contributed by atoms with Crippen molar-refractivity contribution in [3.8, 4) is 0 Å². The van der Waals surface area contributed by atoms with Gasteiger partial charge in [0, 0.05) is 38.4 Å². The first-order valence-electron chi connectivity index (χ1n) is 11.4. The van der Waals surface area contributed by atoms with Gasteiger partial charge in [-0.2, -0.15) is 0 Å². The first kappa shape index (κ1) is 22.7. The fraction of sp³-hybridized carbons (Fsp3) is 0.417. The van der Waals surface area contributed by atoms with E-state index in [9.17, 15) is 9.18 Å². The first-order valence-corrected chi connectivity index (χ1v) is 11.8. The van der Waals surface area contributed by atoms with Crippen LogP contribution in [0.2, 0.25) is 5.02 Å². The topological polar surface area (TPSA) is 93.4 Å². The number of rotatable bonds is 5. The Morgan fingerprint density at radius 1 is 1.29 bits per heavy atom. The number of ether oxygens (including phenoxy) is 1. The lowest BCUT2D eigenvalue weighted by Gasteiger charge is -2.30. The SMILES string of the molecule is O=C(NC(c1ccc(Cl)c(F)c1)c1ccno1)N1CCc2cnc(CC3CCOCC3)nc2C1. The molecular formula is C24H25ClFN5O3. The Hall–Kier alpha value is -3.04. The highest BCUT2D eigenvalue weighted by molar-refractivity contribution is 6.30. The van der Waals surface area contributed by atoms with Crippen molar-refractivity contribution in [2.75, 3.05) is 19.8 Å². The van der Waals surface area contributed by atoms with Crippen molar-refractivity contribution in [3.05, 3.63) is 75.9 Å². The molecule has 10 heteroatoms. The second-order valence-corrected chi connectivity index (χ2v) is 9.07. The van der Waals surface area contributed by atoms with Gasteiger partial charge in [0.2, 0.25) is 0 Å². The van der Waals surface area contributed by atoms with Crippen LogP contribution < -0.4 is 5.32 Å². The number of amides is 2. The number of nitrogens with zero attached hydrogens (tertiary/aromatic N) is 4. The largest absolute Gasteiger partial charge is 0.381 e. The van der Waals surface area contributed by atoms with Crippen molar-refractivity contribution in [1.82, 2.24) is 25.3 Å². The third-order valence-corrected chi connectivity index (χ3v) is 6.69. The number of fused-ring (bicyclic) bond motifs is 1. The van der Waals surface area contributed by atoms with Gasteiger partial charge in [-0.1, -0.05) is 22.8 Å². The van der Waals surface area contributed by atoms with Crippen molar-refractivity contribution in [3.63, 3.8) is 0 Å². The molecule has 8 nitrogen and oxygen atoms in total. The smallest absolute Gasteiger partial charge is 0.318 e. The number of urea groups is 1. The van der Waals surface area contributed by atoms with E-state index in [0.717, 1.165) is 49.6 Å².